The van der Waals surface area contributed by atoms with Gasteiger partial charge in [0, 0.05) is 41.5 Å². The van der Waals surface area contributed by atoms with Crippen molar-refractivity contribution in [1.29, 1.82) is 0 Å². The van der Waals surface area contributed by atoms with Crippen molar-refractivity contribution in [2.75, 3.05) is 19.6 Å². The van der Waals surface area contributed by atoms with Gasteiger partial charge in [0.25, 0.3) is 5.91 Å². The van der Waals surface area contributed by atoms with Gasteiger partial charge in [0.2, 0.25) is 0 Å². The van der Waals surface area contributed by atoms with E-state index in [9.17, 15) is 4.79 Å². The van der Waals surface area contributed by atoms with Gasteiger partial charge in [-0.2, -0.15) is 0 Å². The van der Waals surface area contributed by atoms with E-state index in [1.165, 1.54) is 11.1 Å². The van der Waals surface area contributed by atoms with Crippen LogP contribution >= 0.6 is 11.6 Å². The molecule has 138 valence electrons. The summed E-state index contributed by atoms with van der Waals surface area (Å²) in [6.07, 6.45) is 0. The van der Waals surface area contributed by atoms with E-state index in [0.29, 0.717) is 22.6 Å². The van der Waals surface area contributed by atoms with E-state index in [0.717, 1.165) is 30.5 Å². The fraction of sp³-hybridized carbons (Fsp3) is 0.318. The van der Waals surface area contributed by atoms with Crippen molar-refractivity contribution in [1.82, 2.24) is 15.2 Å². The smallest absolute Gasteiger partial charge is 0.270 e. The monoisotopic (exact) mass is 379 g/mol. The minimum absolute atomic E-state index is 0.0601. The minimum atomic E-state index is 0.0601. The number of benzene rings is 2. The second-order valence-corrected chi connectivity index (χ2v) is 8.13. The molecule has 1 amide bonds. The fourth-order valence-electron chi connectivity index (χ4n) is 4.83. The summed E-state index contributed by atoms with van der Waals surface area (Å²) in [5.41, 5.74) is 4.02. The normalized spacial score (nSPS) is 24.5. The highest BCUT2D eigenvalue weighted by atomic mass is 35.5. The zero-order chi connectivity index (χ0) is 18.5. The predicted octanol–water partition coefficient (Wildman–Crippen LogP) is 4.16. The third-order valence-electron chi connectivity index (χ3n) is 6.17. The number of aromatic amines is 1. The van der Waals surface area contributed by atoms with Crippen molar-refractivity contribution in [3.05, 3.63) is 70.4 Å². The molecule has 0 saturated carbocycles. The number of carbonyl (C=O) groups is 1. The summed E-state index contributed by atoms with van der Waals surface area (Å²) < 4.78 is 0. The maximum atomic E-state index is 13.5. The van der Waals surface area contributed by atoms with Gasteiger partial charge in [0.1, 0.15) is 5.69 Å². The lowest BCUT2D eigenvalue weighted by Crippen LogP contribution is -2.35. The van der Waals surface area contributed by atoms with Crippen LogP contribution in [0.4, 0.5) is 0 Å². The highest BCUT2D eigenvalue weighted by molar-refractivity contribution is 6.35. The number of aromatic nitrogens is 1. The summed E-state index contributed by atoms with van der Waals surface area (Å²) in [5.74, 6) is 1.03. The Morgan fingerprint density at radius 2 is 2.00 bits per heavy atom. The first-order chi connectivity index (χ1) is 13.1. The van der Waals surface area contributed by atoms with Crippen LogP contribution in [0.2, 0.25) is 5.02 Å². The lowest BCUT2D eigenvalue weighted by molar-refractivity contribution is 0.0708. The van der Waals surface area contributed by atoms with Crippen LogP contribution < -0.4 is 5.32 Å². The molecule has 2 saturated heterocycles. The lowest BCUT2D eigenvalue weighted by atomic mass is 9.87. The molecule has 4 nitrogen and oxygen atoms in total. The number of amides is 1. The Kier molecular flexibility index (Phi) is 3.99. The van der Waals surface area contributed by atoms with E-state index in [1.807, 2.05) is 24.3 Å². The molecule has 2 aliphatic heterocycles. The highest BCUT2D eigenvalue weighted by Gasteiger charge is 2.47. The van der Waals surface area contributed by atoms with Crippen LogP contribution in [0.5, 0.6) is 0 Å². The minimum Gasteiger partial charge on any atom is -0.350 e. The summed E-state index contributed by atoms with van der Waals surface area (Å²) >= 11 is 6.30. The van der Waals surface area contributed by atoms with Crippen LogP contribution in [-0.2, 0) is 0 Å². The number of carbonyl (C=O) groups excluding carboxylic acids is 1. The Labute approximate surface area is 163 Å². The van der Waals surface area contributed by atoms with Crippen LogP contribution in [0.3, 0.4) is 0 Å². The molecule has 5 heteroatoms. The largest absolute Gasteiger partial charge is 0.350 e. The molecule has 2 N–H and O–H groups in total. The third kappa shape index (κ3) is 2.67. The van der Waals surface area contributed by atoms with Crippen molar-refractivity contribution in [2.24, 2.45) is 11.8 Å². The van der Waals surface area contributed by atoms with Gasteiger partial charge in [-0.1, -0.05) is 41.9 Å². The molecule has 3 heterocycles. The molecule has 3 atom stereocenters. The molecular formula is C22H22ClN3O. The number of nitrogens with one attached hydrogen (secondary N) is 2. The summed E-state index contributed by atoms with van der Waals surface area (Å²) in [6.45, 7) is 4.87. The SMILES string of the molecule is Cc1ccccc1[C@@H]1[C@H]2CNC[C@H]2CN1C(=O)c1cc2c(Cl)cccc2[nH]1. The first-order valence-corrected chi connectivity index (χ1v) is 9.86. The van der Waals surface area contributed by atoms with Crippen LogP contribution in [0, 0.1) is 18.8 Å². The summed E-state index contributed by atoms with van der Waals surface area (Å²) in [7, 11) is 0. The zero-order valence-corrected chi connectivity index (χ0v) is 16.0. The molecule has 0 unspecified atom stereocenters. The van der Waals surface area contributed by atoms with Gasteiger partial charge in [-0.3, -0.25) is 4.79 Å². The van der Waals surface area contributed by atoms with Crippen LogP contribution in [0.1, 0.15) is 27.7 Å². The number of nitrogens with zero attached hydrogens (tertiary/aromatic N) is 1. The number of aryl methyl sites for hydroxylation is 1. The maximum Gasteiger partial charge on any atom is 0.270 e. The quantitative estimate of drug-likeness (QED) is 0.702. The van der Waals surface area contributed by atoms with Gasteiger partial charge in [-0.15, -0.1) is 0 Å². The predicted molar refractivity (Wildman–Crippen MR) is 108 cm³/mol. The van der Waals surface area contributed by atoms with Crippen LogP contribution in [0.15, 0.2) is 48.5 Å². The van der Waals surface area contributed by atoms with Gasteiger partial charge in [0.05, 0.1) is 6.04 Å². The highest BCUT2D eigenvalue weighted by Crippen LogP contribution is 2.44. The van der Waals surface area contributed by atoms with Crippen molar-refractivity contribution in [3.8, 4) is 0 Å². The van der Waals surface area contributed by atoms with Gasteiger partial charge >= 0.3 is 0 Å². The molecular weight excluding hydrogens is 358 g/mol. The first-order valence-electron chi connectivity index (χ1n) is 9.48. The van der Waals surface area contributed by atoms with Crippen molar-refractivity contribution < 1.29 is 4.79 Å². The second kappa shape index (κ2) is 6.39. The Bertz CT molecular complexity index is 1030. The van der Waals surface area contributed by atoms with E-state index in [4.69, 9.17) is 11.6 Å². The molecule has 0 spiro atoms. The maximum absolute atomic E-state index is 13.5. The van der Waals surface area contributed by atoms with Crippen molar-refractivity contribution >= 4 is 28.4 Å². The Hall–Kier alpha value is -2.30. The topological polar surface area (TPSA) is 48.1 Å². The van der Waals surface area contributed by atoms with Gasteiger partial charge in [-0.05, 0) is 42.2 Å². The summed E-state index contributed by atoms with van der Waals surface area (Å²) in [6, 6.07) is 16.2. The number of fused-ring (bicyclic) bond motifs is 2. The average Bonchev–Trinajstić information content (AvgIpc) is 3.36. The molecule has 3 aromatic rings. The van der Waals surface area contributed by atoms with Crippen LogP contribution in [0.25, 0.3) is 10.9 Å². The zero-order valence-electron chi connectivity index (χ0n) is 15.2. The molecule has 1 aromatic heterocycles. The van der Waals surface area contributed by atoms with Crippen LogP contribution in [-0.4, -0.2) is 35.4 Å². The number of hydrogen-bond acceptors (Lipinski definition) is 2. The van der Waals surface area contributed by atoms with E-state index in [-0.39, 0.29) is 11.9 Å². The lowest BCUT2D eigenvalue weighted by Gasteiger charge is -2.29. The summed E-state index contributed by atoms with van der Waals surface area (Å²) in [5, 5.41) is 5.07. The van der Waals surface area contributed by atoms with E-state index in [2.05, 4.69) is 46.4 Å². The Balaban J connectivity index is 1.56. The second-order valence-electron chi connectivity index (χ2n) is 7.73. The summed E-state index contributed by atoms with van der Waals surface area (Å²) in [4.78, 5) is 18.8. The molecule has 2 fully saturated rings. The van der Waals surface area contributed by atoms with Crippen molar-refractivity contribution in [2.45, 2.75) is 13.0 Å². The fourth-order valence-corrected chi connectivity index (χ4v) is 5.06. The molecule has 2 aliphatic rings. The van der Waals surface area contributed by atoms with Gasteiger partial charge in [0.15, 0.2) is 0 Å². The third-order valence-corrected chi connectivity index (χ3v) is 6.50. The standard InChI is InChI=1S/C22H22ClN3O/c1-13-5-2-3-6-15(13)21-17-11-24-10-14(17)12-26(21)22(27)20-9-16-18(23)7-4-8-19(16)25-20/h2-9,14,17,21,24-25H,10-12H2,1H3/t14-,17-,21+/m0/s1. The van der Waals surface area contributed by atoms with Gasteiger partial charge in [-0.25, -0.2) is 0 Å². The molecule has 0 radical (unpaired) electrons. The molecule has 0 aliphatic carbocycles. The van der Waals surface area contributed by atoms with E-state index in [1.54, 1.807) is 0 Å². The van der Waals surface area contributed by atoms with Crippen molar-refractivity contribution in [3.63, 3.8) is 0 Å². The molecule has 2 aromatic carbocycles. The van der Waals surface area contributed by atoms with E-state index >= 15 is 0 Å². The number of H-pyrrole nitrogens is 1. The molecule has 0 bridgehead atoms. The number of hydrogen-bond donors (Lipinski definition) is 2. The first kappa shape index (κ1) is 16.8. The molecule has 27 heavy (non-hydrogen) atoms. The molecule has 5 rings (SSSR count). The number of halogens is 1. The Morgan fingerprint density at radius 1 is 1.15 bits per heavy atom. The van der Waals surface area contributed by atoms with Gasteiger partial charge < -0.3 is 15.2 Å². The number of rotatable bonds is 2. The Morgan fingerprint density at radius 3 is 2.81 bits per heavy atom. The number of likely N-dealkylation sites (tertiary alicyclic amines) is 1. The average molecular weight is 380 g/mol. The van der Waals surface area contributed by atoms with E-state index < -0.39 is 0 Å².